The van der Waals surface area contributed by atoms with E-state index in [1.54, 1.807) is 31.4 Å². The zero-order chi connectivity index (χ0) is 14.3. The molecule has 6 nitrogen and oxygen atoms in total. The van der Waals surface area contributed by atoms with Crippen LogP contribution < -0.4 is 4.74 Å². The van der Waals surface area contributed by atoms with Crippen molar-refractivity contribution < 1.29 is 29.6 Å². The number of hydrogen-bond donors (Lipinski definition) is 3. The molecule has 0 heterocycles. The highest BCUT2D eigenvalue weighted by molar-refractivity contribution is 5.84. The average Bonchev–Trinajstić information content (AvgIpc) is 2.46. The molecule has 0 aromatic heterocycles. The first-order valence-corrected chi connectivity index (χ1v) is 5.79. The van der Waals surface area contributed by atoms with Gasteiger partial charge in [-0.15, -0.1) is 0 Å². The number of aliphatic hydroxyl groups is 3. The molecule has 0 spiro atoms. The molecule has 0 saturated heterocycles. The predicted octanol–water partition coefficient (Wildman–Crippen LogP) is -0.505. The number of carbonyl (C=O) groups is 1. The van der Waals surface area contributed by atoms with E-state index in [0.29, 0.717) is 0 Å². The molecule has 1 rings (SSSR count). The molecule has 19 heavy (non-hydrogen) atoms. The number of methoxy groups -OCH3 is 1. The first kappa shape index (κ1) is 15.6. The summed E-state index contributed by atoms with van der Waals surface area (Å²) in [5.74, 6) is -0.103. The van der Waals surface area contributed by atoms with E-state index in [1.165, 1.54) is 0 Å². The second-order valence-corrected chi connectivity index (χ2v) is 4.00. The summed E-state index contributed by atoms with van der Waals surface area (Å²) in [7, 11) is 1.57. The molecule has 1 aromatic carbocycles. The van der Waals surface area contributed by atoms with Crippen LogP contribution in [0.2, 0.25) is 0 Å². The van der Waals surface area contributed by atoms with Gasteiger partial charge in [0.1, 0.15) is 24.6 Å². The number of rotatable bonds is 8. The largest absolute Gasteiger partial charge is 0.497 e. The lowest BCUT2D eigenvalue weighted by atomic mass is 10.1. The molecule has 1 aromatic rings. The van der Waals surface area contributed by atoms with Gasteiger partial charge in [-0.2, -0.15) is 0 Å². The summed E-state index contributed by atoms with van der Waals surface area (Å²) < 4.78 is 10.2. The Kier molecular flexibility index (Phi) is 6.44. The Morgan fingerprint density at radius 2 is 1.89 bits per heavy atom. The first-order chi connectivity index (χ1) is 9.08. The summed E-state index contributed by atoms with van der Waals surface area (Å²) >= 11 is 0. The van der Waals surface area contributed by atoms with Gasteiger partial charge in [0.2, 0.25) is 0 Å². The van der Waals surface area contributed by atoms with E-state index in [2.05, 4.69) is 0 Å². The van der Waals surface area contributed by atoms with E-state index in [4.69, 9.17) is 14.6 Å². The van der Waals surface area contributed by atoms with E-state index < -0.39 is 24.6 Å². The Balaban J connectivity index is 2.34. The van der Waals surface area contributed by atoms with Crippen LogP contribution in [0.15, 0.2) is 24.3 Å². The minimum Gasteiger partial charge on any atom is -0.497 e. The second-order valence-electron chi connectivity index (χ2n) is 4.00. The van der Waals surface area contributed by atoms with Gasteiger partial charge in [0.05, 0.1) is 20.3 Å². The number of ketones is 1. The fraction of sp³-hybridized carbons (Fsp3) is 0.462. The summed E-state index contributed by atoms with van der Waals surface area (Å²) in [5, 5.41) is 27.3. The second kappa shape index (κ2) is 7.85. The topological polar surface area (TPSA) is 96.2 Å². The Bertz CT molecular complexity index is 389. The molecule has 106 valence electrons. The van der Waals surface area contributed by atoms with E-state index >= 15 is 0 Å². The summed E-state index contributed by atoms with van der Waals surface area (Å²) in [4.78, 5) is 10.9. The molecule has 0 unspecified atom stereocenters. The van der Waals surface area contributed by atoms with Gasteiger partial charge in [-0.1, -0.05) is 12.1 Å². The van der Waals surface area contributed by atoms with E-state index in [0.717, 1.165) is 11.3 Å². The number of hydrogen-bond acceptors (Lipinski definition) is 6. The minimum atomic E-state index is -1.62. The maximum atomic E-state index is 10.9. The average molecular weight is 270 g/mol. The van der Waals surface area contributed by atoms with Gasteiger partial charge in [-0.25, -0.2) is 0 Å². The smallest absolute Gasteiger partial charge is 0.189 e. The van der Waals surface area contributed by atoms with Crippen LogP contribution in [0.1, 0.15) is 5.56 Å². The molecule has 0 saturated carbocycles. The number of ether oxygens (including phenoxy) is 2. The predicted molar refractivity (Wildman–Crippen MR) is 66.8 cm³/mol. The summed E-state index contributed by atoms with van der Waals surface area (Å²) in [6.07, 6.45) is -2.97. The SMILES string of the molecule is COc1ccc(COC[C@@H](O)[C@H](O)C(=O)CO)cc1. The number of carbonyl (C=O) groups excluding carboxylic acids is 1. The highest BCUT2D eigenvalue weighted by Crippen LogP contribution is 2.12. The van der Waals surface area contributed by atoms with E-state index in [1.807, 2.05) is 0 Å². The highest BCUT2D eigenvalue weighted by atomic mass is 16.5. The van der Waals surface area contributed by atoms with Crippen molar-refractivity contribution in [3.8, 4) is 5.75 Å². The quantitative estimate of drug-likeness (QED) is 0.589. The first-order valence-electron chi connectivity index (χ1n) is 5.79. The summed E-state index contributed by atoms with van der Waals surface area (Å²) in [5.41, 5.74) is 0.871. The van der Waals surface area contributed by atoms with Gasteiger partial charge in [0, 0.05) is 0 Å². The molecule has 0 aliphatic rings. The molecular weight excluding hydrogens is 252 g/mol. The molecule has 0 amide bonds. The third-order valence-corrected chi connectivity index (χ3v) is 2.57. The Morgan fingerprint density at radius 3 is 2.42 bits per heavy atom. The van der Waals surface area contributed by atoms with Crippen LogP contribution in [0.5, 0.6) is 5.75 Å². The lowest BCUT2D eigenvalue weighted by Gasteiger charge is -2.16. The van der Waals surface area contributed by atoms with Gasteiger partial charge in [-0.05, 0) is 17.7 Å². The molecule has 0 aliphatic heterocycles. The van der Waals surface area contributed by atoms with Gasteiger partial charge in [0.25, 0.3) is 0 Å². The summed E-state index contributed by atoms with van der Waals surface area (Å²) in [6.45, 7) is -0.767. The van der Waals surface area contributed by atoms with Crippen LogP contribution in [0.25, 0.3) is 0 Å². The highest BCUT2D eigenvalue weighted by Gasteiger charge is 2.23. The van der Waals surface area contributed by atoms with Crippen LogP contribution in [0.3, 0.4) is 0 Å². The fourth-order valence-corrected chi connectivity index (χ4v) is 1.42. The Morgan fingerprint density at radius 1 is 1.26 bits per heavy atom. The standard InChI is InChI=1S/C13H18O6/c1-18-10-4-2-9(3-5-10)7-19-8-12(16)13(17)11(15)6-14/h2-5,12-14,16-17H,6-8H2,1H3/t12-,13-/m1/s1. The number of benzene rings is 1. The van der Waals surface area contributed by atoms with Crippen LogP contribution in [0, 0.1) is 0 Å². The van der Waals surface area contributed by atoms with Crippen molar-refractivity contribution in [1.29, 1.82) is 0 Å². The van der Waals surface area contributed by atoms with Crippen LogP contribution in [0.4, 0.5) is 0 Å². The van der Waals surface area contributed by atoms with Crippen molar-refractivity contribution in [2.75, 3.05) is 20.3 Å². The van der Waals surface area contributed by atoms with Gasteiger partial charge in [0.15, 0.2) is 5.78 Å². The van der Waals surface area contributed by atoms with Crippen LogP contribution in [-0.4, -0.2) is 53.6 Å². The van der Waals surface area contributed by atoms with Crippen LogP contribution in [-0.2, 0) is 16.1 Å². The zero-order valence-electron chi connectivity index (χ0n) is 10.7. The van der Waals surface area contributed by atoms with E-state index in [9.17, 15) is 15.0 Å². The van der Waals surface area contributed by atoms with Gasteiger partial charge >= 0.3 is 0 Å². The maximum Gasteiger partial charge on any atom is 0.189 e. The van der Waals surface area contributed by atoms with Gasteiger partial charge < -0.3 is 24.8 Å². The third-order valence-electron chi connectivity index (χ3n) is 2.57. The molecular formula is C13H18O6. The van der Waals surface area contributed by atoms with Crippen molar-refractivity contribution in [1.82, 2.24) is 0 Å². The van der Waals surface area contributed by atoms with Crippen molar-refractivity contribution in [2.45, 2.75) is 18.8 Å². The number of aliphatic hydroxyl groups excluding tert-OH is 3. The van der Waals surface area contributed by atoms with Gasteiger partial charge in [-0.3, -0.25) is 4.79 Å². The van der Waals surface area contributed by atoms with Crippen molar-refractivity contribution >= 4 is 5.78 Å². The number of Topliss-reactive ketones (excluding diaryl/α,β-unsaturated/α-hetero) is 1. The minimum absolute atomic E-state index is 0.196. The maximum absolute atomic E-state index is 10.9. The van der Waals surface area contributed by atoms with E-state index in [-0.39, 0.29) is 13.2 Å². The lowest BCUT2D eigenvalue weighted by molar-refractivity contribution is -0.138. The monoisotopic (exact) mass is 270 g/mol. The molecule has 2 atom stereocenters. The molecule has 0 aliphatic carbocycles. The van der Waals surface area contributed by atoms with Crippen LogP contribution >= 0.6 is 0 Å². The fourth-order valence-electron chi connectivity index (χ4n) is 1.42. The van der Waals surface area contributed by atoms with Crippen molar-refractivity contribution in [3.05, 3.63) is 29.8 Å². The normalized spacial score (nSPS) is 13.9. The molecule has 0 fully saturated rings. The molecule has 0 bridgehead atoms. The zero-order valence-corrected chi connectivity index (χ0v) is 10.7. The Labute approximate surface area is 111 Å². The molecule has 6 heteroatoms. The molecule has 0 radical (unpaired) electrons. The van der Waals surface area contributed by atoms with Crippen molar-refractivity contribution in [3.63, 3.8) is 0 Å². The lowest BCUT2D eigenvalue weighted by Crippen LogP contribution is -2.38. The molecule has 3 N–H and O–H groups in total. The summed E-state index contributed by atoms with van der Waals surface area (Å²) in [6, 6.07) is 7.17. The van der Waals surface area contributed by atoms with Crippen molar-refractivity contribution in [2.24, 2.45) is 0 Å². The Hall–Kier alpha value is -1.47. The third kappa shape index (κ3) is 4.96.